The average molecular weight is 375 g/mol. The molecule has 1 N–H and O–H groups in total. The van der Waals surface area contributed by atoms with E-state index in [-0.39, 0.29) is 23.3 Å². The molecule has 1 saturated heterocycles. The molecule has 2 aromatic rings. The fraction of sp³-hybridized carbons (Fsp3) is 0.421. The Bertz CT molecular complexity index is 793. The van der Waals surface area contributed by atoms with Gasteiger partial charge in [-0.15, -0.1) is 11.3 Å². The summed E-state index contributed by atoms with van der Waals surface area (Å²) < 4.78 is 13.9. The quantitative estimate of drug-likeness (QED) is 0.872. The van der Waals surface area contributed by atoms with E-state index in [0.717, 1.165) is 23.5 Å². The van der Waals surface area contributed by atoms with Crippen LogP contribution in [0.3, 0.4) is 0 Å². The number of amides is 2. The molecule has 2 heterocycles. The maximum atomic E-state index is 13.9. The lowest BCUT2D eigenvalue weighted by atomic mass is 9.98. The van der Waals surface area contributed by atoms with Crippen molar-refractivity contribution in [3.63, 3.8) is 0 Å². The highest BCUT2D eigenvalue weighted by atomic mass is 32.1. The third-order valence-electron chi connectivity index (χ3n) is 4.52. The van der Waals surface area contributed by atoms with Crippen LogP contribution in [-0.4, -0.2) is 34.8 Å². The lowest BCUT2D eigenvalue weighted by molar-refractivity contribution is -0.120. The molecule has 2 amide bonds. The van der Waals surface area contributed by atoms with Crippen molar-refractivity contribution in [1.29, 1.82) is 0 Å². The Morgan fingerprint density at radius 1 is 1.38 bits per heavy atom. The summed E-state index contributed by atoms with van der Waals surface area (Å²) in [5.74, 6) is -0.596. The van der Waals surface area contributed by atoms with Gasteiger partial charge in [-0.2, -0.15) is 0 Å². The van der Waals surface area contributed by atoms with Gasteiger partial charge in [-0.25, -0.2) is 9.37 Å². The van der Waals surface area contributed by atoms with Gasteiger partial charge in [-0.05, 0) is 25.0 Å². The van der Waals surface area contributed by atoms with E-state index in [0.29, 0.717) is 26.1 Å². The van der Waals surface area contributed by atoms with Crippen LogP contribution in [0, 0.1) is 5.82 Å². The van der Waals surface area contributed by atoms with E-state index in [1.165, 1.54) is 12.1 Å². The number of piperidine rings is 1. The summed E-state index contributed by atoms with van der Waals surface area (Å²) in [6.45, 7) is 3.41. The van der Waals surface area contributed by atoms with E-state index in [9.17, 15) is 14.0 Å². The number of aromatic nitrogens is 1. The Hall–Kier alpha value is -2.28. The number of carbonyl (C=O) groups is 2. The number of benzene rings is 1. The minimum atomic E-state index is -0.483. The summed E-state index contributed by atoms with van der Waals surface area (Å²) in [6.07, 6.45) is 2.27. The zero-order valence-electron chi connectivity index (χ0n) is 14.7. The van der Waals surface area contributed by atoms with Gasteiger partial charge >= 0.3 is 0 Å². The van der Waals surface area contributed by atoms with E-state index in [1.807, 2.05) is 12.3 Å². The number of thiazole rings is 1. The SMILES string of the molecule is CCC(=O)NCc1csc(C2CCCN(C(=O)c3ccccc3F)C2)n1. The van der Waals surface area contributed by atoms with Crippen LogP contribution < -0.4 is 5.32 Å². The summed E-state index contributed by atoms with van der Waals surface area (Å²) in [5, 5.41) is 5.74. The Balaban J connectivity index is 1.65. The van der Waals surface area contributed by atoms with Gasteiger partial charge in [0.1, 0.15) is 5.82 Å². The van der Waals surface area contributed by atoms with Crippen LogP contribution >= 0.6 is 11.3 Å². The second kappa shape index (κ2) is 8.40. The second-order valence-corrected chi connectivity index (χ2v) is 7.27. The molecule has 5 nitrogen and oxygen atoms in total. The number of nitrogens with one attached hydrogen (secondary N) is 1. The van der Waals surface area contributed by atoms with Crippen molar-refractivity contribution >= 4 is 23.2 Å². The van der Waals surface area contributed by atoms with Crippen molar-refractivity contribution in [3.05, 3.63) is 51.7 Å². The highest BCUT2D eigenvalue weighted by Crippen LogP contribution is 2.30. The highest BCUT2D eigenvalue weighted by molar-refractivity contribution is 7.09. The normalized spacial score (nSPS) is 17.2. The van der Waals surface area contributed by atoms with Gasteiger partial charge in [0.25, 0.3) is 5.91 Å². The molecule has 0 spiro atoms. The minimum absolute atomic E-state index is 0.00104. The van der Waals surface area contributed by atoms with Gasteiger partial charge in [0.05, 0.1) is 22.8 Å². The molecule has 1 atom stereocenters. The number of carbonyl (C=O) groups excluding carboxylic acids is 2. The highest BCUT2D eigenvalue weighted by Gasteiger charge is 2.28. The molecule has 0 saturated carbocycles. The van der Waals surface area contributed by atoms with E-state index in [2.05, 4.69) is 10.3 Å². The number of hydrogen-bond acceptors (Lipinski definition) is 4. The molecule has 0 bridgehead atoms. The topological polar surface area (TPSA) is 62.3 Å². The summed E-state index contributed by atoms with van der Waals surface area (Å²) in [7, 11) is 0. The van der Waals surface area contributed by atoms with Crippen LogP contribution in [0.1, 0.15) is 53.2 Å². The van der Waals surface area contributed by atoms with E-state index >= 15 is 0 Å². The molecular weight excluding hydrogens is 353 g/mol. The monoisotopic (exact) mass is 375 g/mol. The lowest BCUT2D eigenvalue weighted by Gasteiger charge is -2.32. The third kappa shape index (κ3) is 4.27. The summed E-state index contributed by atoms with van der Waals surface area (Å²) in [4.78, 5) is 30.3. The van der Waals surface area contributed by atoms with Crippen LogP contribution in [0.25, 0.3) is 0 Å². The summed E-state index contributed by atoms with van der Waals surface area (Å²) in [5.41, 5.74) is 0.958. The van der Waals surface area contributed by atoms with Crippen LogP contribution in [-0.2, 0) is 11.3 Å². The number of likely N-dealkylation sites (tertiary alicyclic amines) is 1. The van der Waals surface area contributed by atoms with E-state index < -0.39 is 5.82 Å². The summed E-state index contributed by atoms with van der Waals surface area (Å²) in [6, 6.07) is 6.10. The third-order valence-corrected chi connectivity index (χ3v) is 5.58. The van der Waals surface area contributed by atoms with Crippen molar-refractivity contribution in [1.82, 2.24) is 15.2 Å². The van der Waals surface area contributed by atoms with Crippen molar-refractivity contribution < 1.29 is 14.0 Å². The molecule has 1 unspecified atom stereocenters. The van der Waals surface area contributed by atoms with Crippen LogP contribution in [0.5, 0.6) is 0 Å². The van der Waals surface area contributed by atoms with Crippen molar-refractivity contribution in [2.24, 2.45) is 0 Å². The molecule has 1 aromatic carbocycles. The first-order chi connectivity index (χ1) is 12.6. The Morgan fingerprint density at radius 2 is 2.19 bits per heavy atom. The first-order valence-electron chi connectivity index (χ1n) is 8.83. The van der Waals surface area contributed by atoms with Gasteiger partial charge in [0.15, 0.2) is 0 Å². The molecule has 0 radical (unpaired) electrons. The van der Waals surface area contributed by atoms with Gasteiger partial charge in [-0.3, -0.25) is 9.59 Å². The average Bonchev–Trinajstić information content (AvgIpc) is 3.15. The van der Waals surface area contributed by atoms with Gasteiger partial charge in [0, 0.05) is 30.8 Å². The zero-order valence-corrected chi connectivity index (χ0v) is 15.5. The van der Waals surface area contributed by atoms with Crippen molar-refractivity contribution in [2.75, 3.05) is 13.1 Å². The molecule has 138 valence electrons. The molecule has 0 aliphatic carbocycles. The fourth-order valence-electron chi connectivity index (χ4n) is 3.07. The largest absolute Gasteiger partial charge is 0.350 e. The molecule has 1 aliphatic heterocycles. The van der Waals surface area contributed by atoms with E-state index in [1.54, 1.807) is 28.4 Å². The molecule has 3 rings (SSSR count). The Morgan fingerprint density at radius 3 is 2.96 bits per heavy atom. The van der Waals surface area contributed by atoms with Crippen LogP contribution in [0.4, 0.5) is 4.39 Å². The fourth-order valence-corrected chi connectivity index (χ4v) is 4.02. The standard InChI is InChI=1S/C19H22FN3O2S/c1-2-17(24)21-10-14-12-26-18(22-14)13-6-5-9-23(11-13)19(25)15-7-3-4-8-16(15)20/h3-4,7-8,12-13H,2,5-6,9-11H2,1H3,(H,21,24). The first kappa shape index (κ1) is 18.5. The maximum Gasteiger partial charge on any atom is 0.256 e. The number of rotatable bonds is 5. The Kier molecular flexibility index (Phi) is 5.98. The minimum Gasteiger partial charge on any atom is -0.350 e. The van der Waals surface area contributed by atoms with Gasteiger partial charge in [0.2, 0.25) is 5.91 Å². The molecule has 1 aromatic heterocycles. The smallest absolute Gasteiger partial charge is 0.256 e. The summed E-state index contributed by atoms with van der Waals surface area (Å²) >= 11 is 1.55. The molecule has 1 fully saturated rings. The number of nitrogens with zero attached hydrogens (tertiary/aromatic N) is 2. The van der Waals surface area contributed by atoms with Crippen molar-refractivity contribution in [2.45, 2.75) is 38.6 Å². The molecule has 26 heavy (non-hydrogen) atoms. The van der Waals surface area contributed by atoms with Crippen molar-refractivity contribution in [3.8, 4) is 0 Å². The van der Waals surface area contributed by atoms with Gasteiger partial charge in [-0.1, -0.05) is 19.1 Å². The van der Waals surface area contributed by atoms with Gasteiger partial charge < -0.3 is 10.2 Å². The lowest BCUT2D eigenvalue weighted by Crippen LogP contribution is -2.39. The number of hydrogen-bond donors (Lipinski definition) is 1. The van der Waals surface area contributed by atoms with E-state index in [4.69, 9.17) is 0 Å². The first-order valence-corrected chi connectivity index (χ1v) is 9.71. The molecular formula is C19H22FN3O2S. The molecule has 7 heteroatoms. The maximum absolute atomic E-state index is 13.9. The molecule has 1 aliphatic rings. The second-order valence-electron chi connectivity index (χ2n) is 6.38. The van der Waals surface area contributed by atoms with Crippen LogP contribution in [0.15, 0.2) is 29.6 Å². The van der Waals surface area contributed by atoms with Crippen LogP contribution in [0.2, 0.25) is 0 Å². The number of halogens is 1. The zero-order chi connectivity index (χ0) is 18.5. The predicted molar refractivity (Wildman–Crippen MR) is 98.5 cm³/mol. The Labute approximate surface area is 156 Å². The predicted octanol–water partition coefficient (Wildman–Crippen LogP) is 3.33.